The number of allylic oxidation sites excluding steroid dienone is 1. The largest absolute Gasteiger partial charge is 0.444 e. The molecule has 3 fully saturated rings. The van der Waals surface area contributed by atoms with E-state index in [1.807, 2.05) is 80.3 Å². The molecule has 2 N–H and O–H groups in total. The molecule has 8 rings (SSSR count). The second-order valence-electron chi connectivity index (χ2n) is 22.0. The molecular weight excluding hydrogens is 1010 g/mol. The standard InChI is InChI=1S/C57H75ClN8O7S2/c1-56(2,3)73-55(68)65-36-32-63(33-37-65)42-57(4)26-24-51(43-14-18-46(58)19-15-43)45(39-57)40-62-30-34-64(35-31-62)48-20-16-44(17-21-48)54(67)60-75(71,72)50-22-23-52(53(38-50)66(69)70)59-47(41-74-49-12-8-7-9-13-49)25-29-61-27-10-5-6-11-28-61/h7-9,12-23,38,47,59H,5-6,10-11,24-37,39-42H2,1-4H3,(H,60,67)/t47-,57-/m1/s1. The molecule has 0 saturated carbocycles. The van der Waals surface area contributed by atoms with E-state index in [1.165, 1.54) is 41.7 Å². The topological polar surface area (TPSA) is 161 Å². The Morgan fingerprint density at radius 2 is 1.49 bits per heavy atom. The van der Waals surface area contributed by atoms with Crippen LogP contribution in [0.3, 0.4) is 0 Å². The third-order valence-electron chi connectivity index (χ3n) is 14.9. The maximum atomic E-state index is 13.7. The molecule has 3 saturated heterocycles. The molecule has 0 spiro atoms. The van der Waals surface area contributed by atoms with Crippen LogP contribution >= 0.6 is 23.4 Å². The summed E-state index contributed by atoms with van der Waals surface area (Å²) in [5.74, 6) is -0.165. The van der Waals surface area contributed by atoms with Gasteiger partial charge in [0.05, 0.1) is 9.82 Å². The molecule has 4 aromatic rings. The molecule has 3 aliphatic heterocycles. The zero-order chi connectivity index (χ0) is 53.2. The van der Waals surface area contributed by atoms with Crippen LogP contribution in [-0.2, 0) is 14.8 Å². The van der Waals surface area contributed by atoms with Gasteiger partial charge in [0.1, 0.15) is 11.3 Å². The van der Waals surface area contributed by atoms with Crippen molar-refractivity contribution < 1.29 is 27.7 Å². The Hall–Kier alpha value is -5.17. The fourth-order valence-electron chi connectivity index (χ4n) is 10.8. The van der Waals surface area contributed by atoms with Gasteiger partial charge in [-0.3, -0.25) is 24.7 Å². The van der Waals surface area contributed by atoms with Gasteiger partial charge >= 0.3 is 6.09 Å². The molecule has 3 heterocycles. The zero-order valence-corrected chi connectivity index (χ0v) is 46.5. The Balaban J connectivity index is 0.865. The first-order valence-electron chi connectivity index (χ1n) is 26.7. The molecule has 0 bridgehead atoms. The highest BCUT2D eigenvalue weighted by atomic mass is 35.5. The second-order valence-corrected chi connectivity index (χ2v) is 25.2. The first-order chi connectivity index (χ1) is 35.9. The van der Waals surface area contributed by atoms with Gasteiger partial charge in [-0.2, -0.15) is 0 Å². The number of ether oxygens (including phenoxy) is 1. The summed E-state index contributed by atoms with van der Waals surface area (Å²) >= 11 is 8.01. The van der Waals surface area contributed by atoms with Gasteiger partial charge in [-0.25, -0.2) is 17.9 Å². The molecule has 404 valence electrons. The van der Waals surface area contributed by atoms with Crippen molar-refractivity contribution in [1.82, 2.24) is 24.3 Å². The highest BCUT2D eigenvalue weighted by Crippen LogP contribution is 2.44. The van der Waals surface area contributed by atoms with Gasteiger partial charge in [-0.05, 0) is 150 Å². The van der Waals surface area contributed by atoms with E-state index in [-0.39, 0.29) is 39.4 Å². The number of nitrogens with one attached hydrogen (secondary N) is 2. The van der Waals surface area contributed by atoms with E-state index in [4.69, 9.17) is 16.3 Å². The molecule has 0 unspecified atom stereocenters. The highest BCUT2D eigenvalue weighted by molar-refractivity contribution is 7.99. The van der Waals surface area contributed by atoms with Crippen molar-refractivity contribution in [2.75, 3.05) is 101 Å². The average molecular weight is 1080 g/mol. The van der Waals surface area contributed by atoms with E-state index in [1.54, 1.807) is 23.9 Å². The Labute approximate surface area is 453 Å². The number of nitro benzene ring substituents is 1. The summed E-state index contributed by atoms with van der Waals surface area (Å²) in [6.07, 6.45) is 8.32. The van der Waals surface area contributed by atoms with Crippen LogP contribution in [-0.4, -0.2) is 147 Å². The van der Waals surface area contributed by atoms with Crippen LogP contribution < -0.4 is 14.9 Å². The number of amides is 2. The predicted molar refractivity (Wildman–Crippen MR) is 302 cm³/mol. The van der Waals surface area contributed by atoms with E-state index in [9.17, 15) is 28.1 Å². The number of piperazine rings is 2. The number of hydrogen-bond acceptors (Lipinski definition) is 13. The van der Waals surface area contributed by atoms with E-state index in [0.29, 0.717) is 18.8 Å². The van der Waals surface area contributed by atoms with Crippen LogP contribution in [0.2, 0.25) is 5.02 Å². The van der Waals surface area contributed by atoms with Crippen molar-refractivity contribution in [2.24, 2.45) is 5.41 Å². The number of nitrogens with zero attached hydrogens (tertiary/aromatic N) is 6. The lowest BCUT2D eigenvalue weighted by Crippen LogP contribution is -2.52. The molecule has 2 atom stereocenters. The van der Waals surface area contributed by atoms with Crippen molar-refractivity contribution in [3.63, 3.8) is 0 Å². The number of halogens is 1. The van der Waals surface area contributed by atoms with Crippen LogP contribution in [0.4, 0.5) is 21.9 Å². The van der Waals surface area contributed by atoms with Crippen molar-refractivity contribution in [3.05, 3.63) is 129 Å². The summed E-state index contributed by atoms with van der Waals surface area (Å²) in [6, 6.07) is 28.8. The Morgan fingerprint density at radius 3 is 2.15 bits per heavy atom. The van der Waals surface area contributed by atoms with Crippen LogP contribution in [0, 0.1) is 15.5 Å². The molecular formula is C57H75ClN8O7S2. The Bertz CT molecular complexity index is 2720. The van der Waals surface area contributed by atoms with Crippen molar-refractivity contribution in [1.29, 1.82) is 0 Å². The molecule has 4 aromatic carbocycles. The van der Waals surface area contributed by atoms with Crippen LogP contribution in [0.5, 0.6) is 0 Å². The molecule has 4 aliphatic rings. The van der Waals surface area contributed by atoms with Crippen molar-refractivity contribution in [2.45, 2.75) is 100 Å². The van der Waals surface area contributed by atoms with Gasteiger partial charge < -0.3 is 24.8 Å². The van der Waals surface area contributed by atoms with Crippen LogP contribution in [0.25, 0.3) is 5.57 Å². The number of anilines is 2. The summed E-state index contributed by atoms with van der Waals surface area (Å²) in [7, 11) is -4.47. The fourth-order valence-corrected chi connectivity index (χ4v) is 12.9. The molecule has 75 heavy (non-hydrogen) atoms. The normalized spacial score (nSPS) is 20.1. The summed E-state index contributed by atoms with van der Waals surface area (Å²) in [4.78, 5) is 50.5. The number of nitro groups is 1. The first-order valence-corrected chi connectivity index (χ1v) is 29.5. The molecule has 0 aromatic heterocycles. The second kappa shape index (κ2) is 25.3. The Kier molecular flexibility index (Phi) is 18.9. The summed E-state index contributed by atoms with van der Waals surface area (Å²) < 4.78 is 35.1. The molecule has 15 nitrogen and oxygen atoms in total. The van der Waals surface area contributed by atoms with Crippen molar-refractivity contribution >= 4 is 68.0 Å². The number of likely N-dealkylation sites (tertiary alicyclic amines) is 1. The highest BCUT2D eigenvalue weighted by Gasteiger charge is 2.36. The molecule has 0 radical (unpaired) electrons. The fraction of sp³-hybridized carbons (Fsp3) is 0.509. The number of sulfonamides is 1. The minimum absolute atomic E-state index is 0.0760. The Morgan fingerprint density at radius 1 is 0.827 bits per heavy atom. The quantitative estimate of drug-likeness (QED) is 0.0551. The minimum atomic E-state index is -4.47. The number of benzene rings is 4. The predicted octanol–water partition coefficient (Wildman–Crippen LogP) is 10.5. The third kappa shape index (κ3) is 15.9. The number of hydrogen-bond donors (Lipinski definition) is 2. The van der Waals surface area contributed by atoms with E-state index < -0.39 is 26.5 Å². The van der Waals surface area contributed by atoms with Gasteiger partial charge in [0.2, 0.25) is 0 Å². The van der Waals surface area contributed by atoms with E-state index in [0.717, 1.165) is 132 Å². The maximum Gasteiger partial charge on any atom is 0.410 e. The van der Waals surface area contributed by atoms with Gasteiger partial charge in [-0.1, -0.05) is 67.3 Å². The van der Waals surface area contributed by atoms with Gasteiger partial charge in [0, 0.05) is 111 Å². The monoisotopic (exact) mass is 1080 g/mol. The number of thioether (sulfide) groups is 1. The van der Waals surface area contributed by atoms with Gasteiger partial charge in [0.15, 0.2) is 0 Å². The smallest absolute Gasteiger partial charge is 0.410 e. The van der Waals surface area contributed by atoms with Gasteiger partial charge in [0.25, 0.3) is 21.6 Å². The first kappa shape index (κ1) is 56.0. The average Bonchev–Trinajstić information content (AvgIpc) is 3.67. The molecule has 18 heteroatoms. The lowest BCUT2D eigenvalue weighted by molar-refractivity contribution is -0.384. The number of rotatable bonds is 18. The lowest BCUT2D eigenvalue weighted by Gasteiger charge is -2.44. The lowest BCUT2D eigenvalue weighted by atomic mass is 9.71. The summed E-state index contributed by atoms with van der Waals surface area (Å²) in [5, 5.41) is 16.6. The van der Waals surface area contributed by atoms with E-state index >= 15 is 0 Å². The molecule has 2 amide bonds. The van der Waals surface area contributed by atoms with Crippen molar-refractivity contribution in [3.8, 4) is 0 Å². The number of carbonyl (C=O) groups excluding carboxylic acids is 2. The molecule has 1 aliphatic carbocycles. The third-order valence-corrected chi connectivity index (χ3v) is 17.7. The zero-order valence-electron chi connectivity index (χ0n) is 44.1. The van der Waals surface area contributed by atoms with E-state index in [2.05, 4.69) is 48.7 Å². The van der Waals surface area contributed by atoms with Crippen LogP contribution in [0.1, 0.15) is 95.0 Å². The number of carbonyl (C=O) groups is 2. The maximum absolute atomic E-state index is 13.7. The minimum Gasteiger partial charge on any atom is -0.444 e. The SMILES string of the molecule is CC(C)(C)OC(=O)N1CCN(C[C@]2(C)CCC(c3ccc(Cl)cc3)=C(CN3CCN(c4ccc(C(=O)NS(=O)(=O)c5ccc(N[C@H](CCN6CCCCCC6)CSc6ccccc6)c([N+](=O)[O-])c5)cc4)CC3)C2)CC1. The summed E-state index contributed by atoms with van der Waals surface area (Å²) in [6.45, 7) is 19.0. The van der Waals surface area contributed by atoms with Gasteiger partial charge in [-0.15, -0.1) is 11.8 Å². The van der Waals surface area contributed by atoms with Crippen LogP contribution in [0.15, 0.2) is 112 Å². The summed E-state index contributed by atoms with van der Waals surface area (Å²) in [5.41, 5.74) is 4.57.